The number of nitrogens with one attached hydrogen (secondary N) is 1. The lowest BCUT2D eigenvalue weighted by atomic mass is 10.1. The van der Waals surface area contributed by atoms with E-state index >= 15 is 0 Å². The first-order chi connectivity index (χ1) is 9.72. The molecule has 114 valence electrons. The molecule has 0 radical (unpaired) electrons. The van der Waals surface area contributed by atoms with E-state index in [-0.39, 0.29) is 0 Å². The third kappa shape index (κ3) is 4.23. The summed E-state index contributed by atoms with van der Waals surface area (Å²) in [4.78, 5) is 7.23. The van der Waals surface area contributed by atoms with Crippen LogP contribution in [-0.2, 0) is 6.54 Å². The van der Waals surface area contributed by atoms with E-state index in [1.807, 2.05) is 0 Å². The smallest absolute Gasteiger partial charge is 0.203 e. The van der Waals surface area contributed by atoms with Crippen molar-refractivity contribution >= 4 is 5.95 Å². The van der Waals surface area contributed by atoms with Gasteiger partial charge in [-0.15, -0.1) is 0 Å². The lowest BCUT2D eigenvalue weighted by Crippen LogP contribution is -2.39. The van der Waals surface area contributed by atoms with Crippen molar-refractivity contribution in [3.63, 3.8) is 0 Å². The van der Waals surface area contributed by atoms with Gasteiger partial charge in [0.25, 0.3) is 0 Å². The minimum Gasteiger partial charge on any atom is -0.353 e. The third-order valence-corrected chi connectivity index (χ3v) is 4.11. The lowest BCUT2D eigenvalue weighted by Gasteiger charge is -2.32. The normalized spacial score (nSPS) is 17.6. The topological polar surface area (TPSA) is 33.1 Å². The summed E-state index contributed by atoms with van der Waals surface area (Å²) < 4.78 is 2.29. The number of anilines is 1. The highest BCUT2D eigenvalue weighted by atomic mass is 15.2. The number of rotatable bonds is 7. The summed E-state index contributed by atoms with van der Waals surface area (Å²) >= 11 is 0. The molecule has 2 rings (SSSR count). The maximum absolute atomic E-state index is 4.65. The zero-order valence-corrected chi connectivity index (χ0v) is 13.4. The van der Waals surface area contributed by atoms with Gasteiger partial charge in [0.05, 0.1) is 5.69 Å². The number of hydrogen-bond acceptors (Lipinski definition) is 3. The standard InChI is InChI=1S/C16H30N4/c1-4-6-10-20-13-14(3)17-16(20)18-15-7-11-19(9-5-2)12-8-15/h13,15H,4-12H2,1-3H3,(H,17,18). The SMILES string of the molecule is CCCCn1cc(C)nc1NC1CCN(CCC)CC1. The summed E-state index contributed by atoms with van der Waals surface area (Å²) in [6.45, 7) is 11.3. The second-order valence-electron chi connectivity index (χ2n) is 6.01. The molecule has 1 N–H and O–H groups in total. The molecule has 2 heterocycles. The van der Waals surface area contributed by atoms with Crippen LogP contribution in [0.1, 0.15) is 51.6 Å². The zero-order valence-electron chi connectivity index (χ0n) is 13.4. The van der Waals surface area contributed by atoms with Crippen molar-refractivity contribution in [2.75, 3.05) is 25.0 Å². The second kappa shape index (κ2) is 7.67. The lowest BCUT2D eigenvalue weighted by molar-refractivity contribution is 0.219. The van der Waals surface area contributed by atoms with Crippen molar-refractivity contribution in [2.45, 2.75) is 65.5 Å². The first-order valence-electron chi connectivity index (χ1n) is 8.25. The van der Waals surface area contributed by atoms with Gasteiger partial charge in [-0.3, -0.25) is 0 Å². The van der Waals surface area contributed by atoms with E-state index in [2.05, 4.69) is 46.7 Å². The van der Waals surface area contributed by atoms with Crippen molar-refractivity contribution in [3.05, 3.63) is 11.9 Å². The summed E-state index contributed by atoms with van der Waals surface area (Å²) in [5.41, 5.74) is 1.12. The molecule has 0 unspecified atom stereocenters. The molecule has 0 atom stereocenters. The van der Waals surface area contributed by atoms with Crippen molar-refractivity contribution in [1.29, 1.82) is 0 Å². The summed E-state index contributed by atoms with van der Waals surface area (Å²) in [6, 6.07) is 0.588. The average molecular weight is 278 g/mol. The fourth-order valence-corrected chi connectivity index (χ4v) is 2.96. The van der Waals surface area contributed by atoms with Crippen molar-refractivity contribution in [2.24, 2.45) is 0 Å². The minimum absolute atomic E-state index is 0.588. The number of unbranched alkanes of at least 4 members (excludes halogenated alkanes) is 1. The first kappa shape index (κ1) is 15.4. The fraction of sp³-hybridized carbons (Fsp3) is 0.812. The molecule has 4 heteroatoms. The molecular weight excluding hydrogens is 248 g/mol. The fourth-order valence-electron chi connectivity index (χ4n) is 2.96. The third-order valence-electron chi connectivity index (χ3n) is 4.11. The van der Waals surface area contributed by atoms with Crippen LogP contribution >= 0.6 is 0 Å². The van der Waals surface area contributed by atoms with Crippen LogP contribution in [0.3, 0.4) is 0 Å². The highest BCUT2D eigenvalue weighted by molar-refractivity contribution is 5.30. The molecule has 1 saturated heterocycles. The van der Waals surface area contributed by atoms with Crippen LogP contribution in [-0.4, -0.2) is 40.1 Å². The van der Waals surface area contributed by atoms with Gasteiger partial charge in [-0.05, 0) is 39.2 Å². The van der Waals surface area contributed by atoms with E-state index in [9.17, 15) is 0 Å². The zero-order chi connectivity index (χ0) is 14.4. The number of aromatic nitrogens is 2. The van der Waals surface area contributed by atoms with E-state index in [0.29, 0.717) is 6.04 Å². The van der Waals surface area contributed by atoms with Crippen LogP contribution in [0, 0.1) is 6.92 Å². The Bertz CT molecular complexity index is 391. The summed E-state index contributed by atoms with van der Waals surface area (Å²) in [5.74, 6) is 1.07. The Hall–Kier alpha value is -1.03. The van der Waals surface area contributed by atoms with Gasteiger partial charge in [-0.2, -0.15) is 0 Å². The van der Waals surface area contributed by atoms with E-state index in [4.69, 9.17) is 0 Å². The molecule has 1 aliphatic heterocycles. The summed E-state index contributed by atoms with van der Waals surface area (Å²) in [7, 11) is 0. The molecule has 1 aromatic heterocycles. The van der Waals surface area contributed by atoms with Gasteiger partial charge in [0.1, 0.15) is 0 Å². The highest BCUT2D eigenvalue weighted by Crippen LogP contribution is 2.17. The molecule has 0 aliphatic carbocycles. The molecule has 0 bridgehead atoms. The van der Waals surface area contributed by atoms with Gasteiger partial charge in [-0.1, -0.05) is 20.3 Å². The average Bonchev–Trinajstić information content (AvgIpc) is 2.79. The molecule has 4 nitrogen and oxygen atoms in total. The van der Waals surface area contributed by atoms with Crippen LogP contribution in [0.4, 0.5) is 5.95 Å². The highest BCUT2D eigenvalue weighted by Gasteiger charge is 2.19. The maximum Gasteiger partial charge on any atom is 0.203 e. The predicted molar refractivity (Wildman–Crippen MR) is 85.2 cm³/mol. The van der Waals surface area contributed by atoms with Gasteiger partial charge in [0.2, 0.25) is 5.95 Å². The number of piperidine rings is 1. The van der Waals surface area contributed by atoms with E-state index in [1.165, 1.54) is 51.7 Å². The van der Waals surface area contributed by atoms with Gasteiger partial charge < -0.3 is 14.8 Å². The molecule has 0 aromatic carbocycles. The molecule has 20 heavy (non-hydrogen) atoms. The molecular formula is C16H30N4. The van der Waals surface area contributed by atoms with Crippen LogP contribution in [0.2, 0.25) is 0 Å². The number of likely N-dealkylation sites (tertiary alicyclic amines) is 1. The Morgan fingerprint density at radius 2 is 1.95 bits per heavy atom. The van der Waals surface area contributed by atoms with E-state index in [0.717, 1.165) is 18.2 Å². The summed E-state index contributed by atoms with van der Waals surface area (Å²) in [6.07, 6.45) is 8.35. The molecule has 1 aromatic rings. The predicted octanol–water partition coefficient (Wildman–Crippen LogP) is 3.28. The molecule has 1 aliphatic rings. The summed E-state index contributed by atoms with van der Waals surface area (Å²) in [5, 5.41) is 3.67. The number of hydrogen-bond donors (Lipinski definition) is 1. The monoisotopic (exact) mass is 278 g/mol. The van der Waals surface area contributed by atoms with Crippen molar-refractivity contribution < 1.29 is 0 Å². The Morgan fingerprint density at radius 3 is 2.60 bits per heavy atom. The Morgan fingerprint density at radius 1 is 1.20 bits per heavy atom. The van der Waals surface area contributed by atoms with Gasteiger partial charge in [0, 0.05) is 31.9 Å². The van der Waals surface area contributed by atoms with Gasteiger partial charge >= 0.3 is 0 Å². The number of aryl methyl sites for hydroxylation is 2. The van der Waals surface area contributed by atoms with E-state index < -0.39 is 0 Å². The van der Waals surface area contributed by atoms with Crippen LogP contribution < -0.4 is 5.32 Å². The van der Waals surface area contributed by atoms with Crippen LogP contribution in [0.5, 0.6) is 0 Å². The van der Waals surface area contributed by atoms with Crippen LogP contribution in [0.15, 0.2) is 6.20 Å². The quantitative estimate of drug-likeness (QED) is 0.831. The van der Waals surface area contributed by atoms with Gasteiger partial charge in [-0.25, -0.2) is 4.98 Å². The second-order valence-corrected chi connectivity index (χ2v) is 6.01. The van der Waals surface area contributed by atoms with Crippen LogP contribution in [0.25, 0.3) is 0 Å². The molecule has 1 fully saturated rings. The number of nitrogens with zero attached hydrogens (tertiary/aromatic N) is 3. The van der Waals surface area contributed by atoms with Gasteiger partial charge in [0.15, 0.2) is 0 Å². The Labute approximate surface area is 123 Å². The molecule has 0 amide bonds. The number of imidazole rings is 1. The molecule has 0 saturated carbocycles. The Kier molecular flexibility index (Phi) is 5.89. The Balaban J connectivity index is 1.87. The minimum atomic E-state index is 0.588. The molecule has 0 spiro atoms. The maximum atomic E-state index is 4.65. The van der Waals surface area contributed by atoms with Crippen molar-refractivity contribution in [1.82, 2.24) is 14.5 Å². The first-order valence-corrected chi connectivity index (χ1v) is 8.25. The largest absolute Gasteiger partial charge is 0.353 e. The van der Waals surface area contributed by atoms with Crippen molar-refractivity contribution in [3.8, 4) is 0 Å². The van der Waals surface area contributed by atoms with E-state index in [1.54, 1.807) is 0 Å².